The molecule has 2 unspecified atom stereocenters. The Labute approximate surface area is 57.3 Å². The molecular weight excluding hydrogens is 108 g/mol. The number of allylic oxidation sites excluding steroid dienone is 4. The van der Waals surface area contributed by atoms with Gasteiger partial charge in [0.1, 0.15) is 0 Å². The Morgan fingerprint density at radius 3 is 2.67 bits per heavy atom. The van der Waals surface area contributed by atoms with Gasteiger partial charge in [0, 0.05) is 0 Å². The lowest BCUT2D eigenvalue weighted by molar-refractivity contribution is 0.628. The summed E-state index contributed by atoms with van der Waals surface area (Å²) < 4.78 is 0. The van der Waals surface area contributed by atoms with Gasteiger partial charge in [-0.2, -0.15) is 0 Å². The first-order valence-electron chi connectivity index (χ1n) is 3.64. The molecule has 0 amide bonds. The summed E-state index contributed by atoms with van der Waals surface area (Å²) in [6.07, 6.45) is 10.3. The quantitative estimate of drug-likeness (QED) is 0.469. The monoisotopic (exact) mass is 122 g/mol. The Balaban J connectivity index is 2.41. The lowest BCUT2D eigenvalue weighted by atomic mass is 10.0. The maximum atomic E-state index is 2.30. The molecular formula is C9H14. The van der Waals surface area contributed by atoms with Gasteiger partial charge in [0.25, 0.3) is 0 Å². The molecule has 0 aliphatic heterocycles. The molecule has 0 spiro atoms. The molecule has 0 saturated heterocycles. The minimum atomic E-state index is 0.727. The third-order valence-electron chi connectivity index (χ3n) is 1.77. The van der Waals surface area contributed by atoms with E-state index in [0.29, 0.717) is 0 Å². The van der Waals surface area contributed by atoms with Crippen LogP contribution in [0.15, 0.2) is 24.3 Å². The molecule has 0 aromatic carbocycles. The molecule has 9 heavy (non-hydrogen) atoms. The molecule has 0 heteroatoms. The van der Waals surface area contributed by atoms with Crippen LogP contribution in [0.5, 0.6) is 0 Å². The predicted molar refractivity (Wildman–Crippen MR) is 41.2 cm³/mol. The highest BCUT2D eigenvalue weighted by Crippen LogP contribution is 2.23. The summed E-state index contributed by atoms with van der Waals surface area (Å²) in [4.78, 5) is 0. The first-order chi connectivity index (χ1) is 4.33. The average Bonchev–Trinajstić information content (AvgIpc) is 2.17. The first kappa shape index (κ1) is 6.60. The van der Waals surface area contributed by atoms with Gasteiger partial charge in [0.2, 0.25) is 0 Å². The number of rotatable bonds is 1. The number of hydrogen-bond acceptors (Lipinski definition) is 0. The summed E-state index contributed by atoms with van der Waals surface area (Å²) in [5.41, 5.74) is 0. The van der Waals surface area contributed by atoms with Crippen LogP contribution in [0.25, 0.3) is 0 Å². The summed E-state index contributed by atoms with van der Waals surface area (Å²) in [6, 6.07) is 0. The summed E-state index contributed by atoms with van der Waals surface area (Å²) >= 11 is 0. The Kier molecular flexibility index (Phi) is 2.10. The molecule has 0 aromatic heterocycles. The van der Waals surface area contributed by atoms with Gasteiger partial charge in [0.05, 0.1) is 0 Å². The van der Waals surface area contributed by atoms with Crippen LogP contribution in [0.1, 0.15) is 20.3 Å². The number of hydrogen-bond donors (Lipinski definition) is 0. The first-order valence-corrected chi connectivity index (χ1v) is 3.64. The molecule has 2 atom stereocenters. The van der Waals surface area contributed by atoms with Gasteiger partial charge in [-0.3, -0.25) is 0 Å². The normalized spacial score (nSPS) is 34.4. The van der Waals surface area contributed by atoms with Crippen LogP contribution in [0, 0.1) is 11.8 Å². The largest absolute Gasteiger partial charge is 0.0911 e. The van der Waals surface area contributed by atoms with Crippen LogP contribution in [-0.4, -0.2) is 0 Å². The van der Waals surface area contributed by atoms with Crippen LogP contribution in [0.2, 0.25) is 0 Å². The van der Waals surface area contributed by atoms with Crippen LogP contribution in [-0.2, 0) is 0 Å². The summed E-state index contributed by atoms with van der Waals surface area (Å²) in [5, 5.41) is 0. The molecule has 0 aromatic rings. The van der Waals surface area contributed by atoms with Gasteiger partial charge in [-0.15, -0.1) is 0 Å². The fourth-order valence-corrected chi connectivity index (χ4v) is 1.31. The Hall–Kier alpha value is -0.520. The zero-order chi connectivity index (χ0) is 6.69. The van der Waals surface area contributed by atoms with Gasteiger partial charge in [-0.1, -0.05) is 31.2 Å². The van der Waals surface area contributed by atoms with Crippen molar-refractivity contribution in [1.29, 1.82) is 0 Å². The van der Waals surface area contributed by atoms with Crippen molar-refractivity contribution in [1.82, 2.24) is 0 Å². The molecule has 0 N–H and O–H groups in total. The lowest BCUT2D eigenvalue weighted by Crippen LogP contribution is -1.89. The van der Waals surface area contributed by atoms with Gasteiger partial charge in [0.15, 0.2) is 0 Å². The van der Waals surface area contributed by atoms with Crippen molar-refractivity contribution in [2.45, 2.75) is 20.3 Å². The van der Waals surface area contributed by atoms with E-state index in [1.165, 1.54) is 6.42 Å². The summed E-state index contributed by atoms with van der Waals surface area (Å²) in [6.45, 7) is 4.34. The maximum Gasteiger partial charge on any atom is -0.00480 e. The molecule has 0 nitrogen and oxygen atoms in total. The van der Waals surface area contributed by atoms with Crippen LogP contribution in [0.3, 0.4) is 0 Å². The fraction of sp³-hybridized carbons (Fsp3) is 0.556. The van der Waals surface area contributed by atoms with E-state index in [0.717, 1.165) is 11.8 Å². The Bertz CT molecular complexity index is 131. The standard InChI is InChI=1S/C9H14/c1-3-4-9-6-5-8(2)7-9/h3-6,8-9H,7H2,1-2H3/b4-3+. The van der Waals surface area contributed by atoms with E-state index in [4.69, 9.17) is 0 Å². The molecule has 50 valence electrons. The van der Waals surface area contributed by atoms with E-state index in [9.17, 15) is 0 Å². The Morgan fingerprint density at radius 1 is 1.44 bits per heavy atom. The SMILES string of the molecule is C/C=C/C1C=CC(C)C1. The average molecular weight is 122 g/mol. The van der Waals surface area contributed by atoms with Crippen molar-refractivity contribution in [2.24, 2.45) is 11.8 Å². The lowest BCUT2D eigenvalue weighted by Gasteiger charge is -2.00. The van der Waals surface area contributed by atoms with E-state index >= 15 is 0 Å². The minimum Gasteiger partial charge on any atom is -0.0911 e. The highest BCUT2D eigenvalue weighted by atomic mass is 14.2. The van der Waals surface area contributed by atoms with E-state index in [2.05, 4.69) is 38.2 Å². The maximum absolute atomic E-state index is 2.30. The van der Waals surface area contributed by atoms with E-state index < -0.39 is 0 Å². The molecule has 1 aliphatic carbocycles. The smallest absolute Gasteiger partial charge is 0.00480 e. The zero-order valence-electron chi connectivity index (χ0n) is 6.17. The van der Waals surface area contributed by atoms with Gasteiger partial charge in [-0.25, -0.2) is 0 Å². The van der Waals surface area contributed by atoms with Crippen molar-refractivity contribution >= 4 is 0 Å². The second-order valence-corrected chi connectivity index (χ2v) is 2.79. The molecule has 1 rings (SSSR count). The summed E-state index contributed by atoms with van der Waals surface area (Å²) in [5.74, 6) is 1.52. The van der Waals surface area contributed by atoms with Gasteiger partial charge in [-0.05, 0) is 25.2 Å². The van der Waals surface area contributed by atoms with Gasteiger partial charge < -0.3 is 0 Å². The van der Waals surface area contributed by atoms with Crippen molar-refractivity contribution in [3.63, 3.8) is 0 Å². The third kappa shape index (κ3) is 1.70. The van der Waals surface area contributed by atoms with Crippen molar-refractivity contribution in [3.05, 3.63) is 24.3 Å². The molecule has 0 heterocycles. The minimum absolute atomic E-state index is 0.727. The molecule has 0 radical (unpaired) electrons. The van der Waals surface area contributed by atoms with Crippen LogP contribution in [0.4, 0.5) is 0 Å². The third-order valence-corrected chi connectivity index (χ3v) is 1.77. The molecule has 1 aliphatic rings. The predicted octanol–water partition coefficient (Wildman–Crippen LogP) is 2.77. The van der Waals surface area contributed by atoms with E-state index in [-0.39, 0.29) is 0 Å². The highest BCUT2D eigenvalue weighted by Gasteiger charge is 2.10. The second kappa shape index (κ2) is 2.86. The van der Waals surface area contributed by atoms with Crippen LogP contribution >= 0.6 is 0 Å². The van der Waals surface area contributed by atoms with Crippen molar-refractivity contribution < 1.29 is 0 Å². The summed E-state index contributed by atoms with van der Waals surface area (Å²) in [7, 11) is 0. The topological polar surface area (TPSA) is 0 Å². The van der Waals surface area contributed by atoms with Gasteiger partial charge >= 0.3 is 0 Å². The fourth-order valence-electron chi connectivity index (χ4n) is 1.31. The Morgan fingerprint density at radius 2 is 2.22 bits per heavy atom. The van der Waals surface area contributed by atoms with Crippen molar-refractivity contribution in [2.75, 3.05) is 0 Å². The molecule has 0 fully saturated rings. The molecule has 0 saturated carbocycles. The van der Waals surface area contributed by atoms with E-state index in [1.54, 1.807) is 0 Å². The van der Waals surface area contributed by atoms with Crippen molar-refractivity contribution in [3.8, 4) is 0 Å². The van der Waals surface area contributed by atoms with E-state index in [1.807, 2.05) is 0 Å². The zero-order valence-corrected chi connectivity index (χ0v) is 6.17. The second-order valence-electron chi connectivity index (χ2n) is 2.79. The molecule has 0 bridgehead atoms. The van der Waals surface area contributed by atoms with Crippen LogP contribution < -0.4 is 0 Å². The highest BCUT2D eigenvalue weighted by molar-refractivity contribution is 5.07.